The smallest absolute Gasteiger partial charge is 0.355 e. The monoisotopic (exact) mass is 618 g/mol. The van der Waals surface area contributed by atoms with Gasteiger partial charge in [0.1, 0.15) is 11.2 Å². The maximum Gasteiger partial charge on any atom is 0.355 e. The van der Waals surface area contributed by atoms with Crippen LogP contribution in [0.4, 0.5) is 17.2 Å². The van der Waals surface area contributed by atoms with Gasteiger partial charge in [0.15, 0.2) is 5.69 Å². The van der Waals surface area contributed by atoms with E-state index >= 15 is 0 Å². The van der Waals surface area contributed by atoms with Crippen LogP contribution in [0.5, 0.6) is 0 Å². The molecule has 0 atom stereocenters. The molecule has 5 nitrogen and oxygen atoms in total. The highest BCUT2D eigenvalue weighted by Crippen LogP contribution is 2.42. The summed E-state index contributed by atoms with van der Waals surface area (Å²) < 4.78 is 4.57. The molecule has 228 valence electrons. The highest BCUT2D eigenvalue weighted by Gasteiger charge is 2.28. The third-order valence-corrected chi connectivity index (χ3v) is 9.51. The normalized spacial score (nSPS) is 12.7. The van der Waals surface area contributed by atoms with Crippen molar-refractivity contribution in [2.24, 2.45) is 0 Å². The molecule has 48 heavy (non-hydrogen) atoms. The first kappa shape index (κ1) is 27.9. The Morgan fingerprint density at radius 2 is 1.38 bits per heavy atom. The van der Waals surface area contributed by atoms with Gasteiger partial charge in [-0.3, -0.25) is 0 Å². The summed E-state index contributed by atoms with van der Waals surface area (Å²) in [6, 6.07) is 42.0. The van der Waals surface area contributed by atoms with Crippen molar-refractivity contribution in [1.29, 1.82) is 0 Å². The summed E-state index contributed by atoms with van der Waals surface area (Å²) in [5, 5.41) is 6.70. The molecule has 1 aliphatic rings. The number of hydrogen-bond acceptors (Lipinski definition) is 3. The summed E-state index contributed by atoms with van der Waals surface area (Å²) >= 11 is 0. The van der Waals surface area contributed by atoms with Crippen LogP contribution in [0.25, 0.3) is 72.6 Å². The topological polar surface area (TPSA) is 59.7 Å². The molecule has 2 bridgehead atoms. The molecular weight excluding hydrogens is 587 g/mol. The van der Waals surface area contributed by atoms with Gasteiger partial charge >= 0.3 is 5.82 Å². The Balaban J connectivity index is 1.54. The molecule has 0 fully saturated rings. The molecule has 0 saturated carbocycles. The summed E-state index contributed by atoms with van der Waals surface area (Å²) in [4.78, 5) is 10.5. The number of nitrogen functional groups attached to an aromatic ring is 1. The minimum atomic E-state index is 0.744. The van der Waals surface area contributed by atoms with E-state index in [0.29, 0.717) is 0 Å². The van der Waals surface area contributed by atoms with Crippen LogP contribution < -0.4 is 15.7 Å². The molecule has 1 aliphatic heterocycles. The molecule has 0 unspecified atom stereocenters. The van der Waals surface area contributed by atoms with Crippen LogP contribution in [0, 0.1) is 6.92 Å². The standard InChI is InChI=1S/C43H32N5/c1-3-14-31-30-19-12-24-36-40(30)39-27(2)38-32(41(31)44)20-13-23-35(38)47(26-25-37(39)48(36)29-17-8-5-9-18-29)43-42(28-15-6-4-7-16-28)45-33-21-10-11-22-34(33)46-43/h3-26H,44H2,1-2H3/q+1/b14-3-,26-25?,31-30?,37-25?,38-27?,39-27?,41-31?,41-32?. The van der Waals surface area contributed by atoms with E-state index in [1.54, 1.807) is 0 Å². The Bertz CT molecular complexity index is 2740. The zero-order chi connectivity index (χ0) is 32.4. The number of rotatable bonds is 4. The molecule has 8 aromatic rings. The molecule has 0 saturated heterocycles. The molecule has 0 aliphatic carbocycles. The van der Waals surface area contributed by atoms with Crippen molar-refractivity contribution < 1.29 is 0 Å². The third-order valence-electron chi connectivity index (χ3n) is 9.51. The van der Waals surface area contributed by atoms with E-state index in [0.717, 1.165) is 83.3 Å². The average molecular weight is 619 g/mol. The van der Waals surface area contributed by atoms with Crippen molar-refractivity contribution >= 4 is 79.0 Å². The molecular formula is C43H32N5+. The lowest BCUT2D eigenvalue weighted by molar-refractivity contribution is 1.04. The van der Waals surface area contributed by atoms with Gasteiger partial charge in [0.2, 0.25) is 5.52 Å². The summed E-state index contributed by atoms with van der Waals surface area (Å²) in [5.74, 6) is 0.752. The van der Waals surface area contributed by atoms with E-state index in [-0.39, 0.29) is 0 Å². The molecule has 5 heteroatoms. The maximum absolute atomic E-state index is 7.26. The fourth-order valence-electron chi connectivity index (χ4n) is 7.46. The molecule has 0 spiro atoms. The van der Waals surface area contributed by atoms with Gasteiger partial charge in [0.25, 0.3) is 0 Å². The minimum Gasteiger partial charge on any atom is -0.398 e. The predicted molar refractivity (Wildman–Crippen MR) is 203 cm³/mol. The van der Waals surface area contributed by atoms with Gasteiger partial charge in [-0.05, 0) is 66.2 Å². The summed E-state index contributed by atoms with van der Waals surface area (Å²) in [6.45, 7) is 4.29. The molecule has 2 aromatic heterocycles. The fourth-order valence-corrected chi connectivity index (χ4v) is 7.46. The summed E-state index contributed by atoms with van der Waals surface area (Å²) in [7, 11) is 0. The number of fused-ring (bicyclic) bond motifs is 1. The number of aryl methyl sites for hydroxylation is 1. The summed E-state index contributed by atoms with van der Waals surface area (Å²) in [6.07, 6.45) is 8.62. The van der Waals surface area contributed by atoms with Crippen LogP contribution in [-0.4, -0.2) is 20.7 Å². The molecule has 9 rings (SSSR count). The first-order chi connectivity index (χ1) is 23.6. The van der Waals surface area contributed by atoms with Crippen molar-refractivity contribution in [3.05, 3.63) is 144 Å². The van der Waals surface area contributed by atoms with E-state index in [9.17, 15) is 0 Å². The Morgan fingerprint density at radius 3 is 2.15 bits per heavy atom. The number of nitrogens with zero attached hydrogens (tertiary/aromatic N) is 4. The molecule has 2 N–H and O–H groups in total. The quantitative estimate of drug-likeness (QED) is 0.200. The van der Waals surface area contributed by atoms with Crippen molar-refractivity contribution in [3.63, 3.8) is 0 Å². The van der Waals surface area contributed by atoms with Crippen LogP contribution in [0.15, 0.2) is 127 Å². The van der Waals surface area contributed by atoms with Gasteiger partial charge in [-0.1, -0.05) is 97.1 Å². The fraction of sp³-hybridized carbons (Fsp3) is 0.0465. The van der Waals surface area contributed by atoms with E-state index in [2.05, 4.69) is 119 Å². The molecule has 6 aromatic carbocycles. The van der Waals surface area contributed by atoms with Crippen LogP contribution in [0.3, 0.4) is 0 Å². The average Bonchev–Trinajstić information content (AvgIpc) is 3.46. The molecule has 0 radical (unpaired) electrons. The predicted octanol–water partition coefficient (Wildman–Crippen LogP) is 9.45. The van der Waals surface area contributed by atoms with Crippen LogP contribution >= 0.6 is 0 Å². The first-order valence-corrected chi connectivity index (χ1v) is 16.3. The first-order valence-electron chi connectivity index (χ1n) is 16.3. The van der Waals surface area contributed by atoms with Gasteiger partial charge in [-0.15, -0.1) is 0 Å². The number of para-hydroxylation sites is 3. The Kier molecular flexibility index (Phi) is 6.34. The van der Waals surface area contributed by atoms with Gasteiger partial charge in [-0.25, -0.2) is 4.98 Å². The number of allylic oxidation sites excluding steroid dienone is 1. The second-order valence-corrected chi connectivity index (χ2v) is 12.2. The van der Waals surface area contributed by atoms with Crippen molar-refractivity contribution in [2.75, 3.05) is 5.73 Å². The van der Waals surface area contributed by atoms with Crippen molar-refractivity contribution in [3.8, 4) is 16.9 Å². The largest absolute Gasteiger partial charge is 0.398 e. The van der Waals surface area contributed by atoms with Gasteiger partial charge in [0, 0.05) is 50.1 Å². The SMILES string of the molecule is C/C=C\c1c(N)c2cccc3c2c(C)c2c(n(-c4ccccc4)c4cccc1c24)=CC=[N+]3c1nc2ccccc2nc1-c1ccccc1. The zero-order valence-corrected chi connectivity index (χ0v) is 26.7. The lowest BCUT2D eigenvalue weighted by Gasteiger charge is -2.16. The second kappa shape index (κ2) is 10.9. The van der Waals surface area contributed by atoms with Crippen LogP contribution in [0.2, 0.25) is 0 Å². The van der Waals surface area contributed by atoms with Gasteiger partial charge in [0.05, 0.1) is 17.1 Å². The highest BCUT2D eigenvalue weighted by atomic mass is 15.1. The van der Waals surface area contributed by atoms with E-state index < -0.39 is 0 Å². The molecule has 0 amide bonds. The Morgan fingerprint density at radius 1 is 0.688 bits per heavy atom. The highest BCUT2D eigenvalue weighted by molar-refractivity contribution is 6.21. The van der Waals surface area contributed by atoms with Crippen molar-refractivity contribution in [2.45, 2.75) is 13.8 Å². The van der Waals surface area contributed by atoms with Crippen molar-refractivity contribution in [1.82, 2.24) is 19.1 Å². The Hall–Kier alpha value is -6.33. The van der Waals surface area contributed by atoms with E-state index in [4.69, 9.17) is 15.7 Å². The number of aromatic nitrogens is 3. The number of nitrogens with two attached hydrogens (primary N) is 1. The lowest BCUT2D eigenvalue weighted by Crippen LogP contribution is -2.19. The summed E-state index contributed by atoms with van der Waals surface area (Å²) in [5.41, 5.74) is 16.9. The van der Waals surface area contributed by atoms with Crippen LogP contribution in [0.1, 0.15) is 18.1 Å². The number of benzene rings is 5. The third kappa shape index (κ3) is 4.07. The van der Waals surface area contributed by atoms with Gasteiger partial charge in [-0.2, -0.15) is 4.58 Å². The number of anilines is 1. The van der Waals surface area contributed by atoms with E-state index in [1.165, 1.54) is 10.8 Å². The lowest BCUT2D eigenvalue weighted by atomic mass is 9.93. The van der Waals surface area contributed by atoms with Gasteiger partial charge < -0.3 is 10.3 Å². The molecule has 3 heterocycles. The van der Waals surface area contributed by atoms with E-state index in [1.807, 2.05) is 49.4 Å². The second-order valence-electron chi connectivity index (χ2n) is 12.2. The Labute approximate surface area is 277 Å². The number of hydrogen-bond donors (Lipinski definition) is 1. The zero-order valence-electron chi connectivity index (χ0n) is 26.7. The maximum atomic E-state index is 7.26. The minimum absolute atomic E-state index is 0.744. The van der Waals surface area contributed by atoms with Crippen LogP contribution in [-0.2, 0) is 0 Å².